The maximum Gasteiger partial charge on any atom is 0.140 e. The molecule has 0 bridgehead atoms. The zero-order valence-electron chi connectivity index (χ0n) is 22.2. The number of benzene rings is 2. The van der Waals surface area contributed by atoms with Gasteiger partial charge >= 0.3 is 0 Å². The van der Waals surface area contributed by atoms with Crippen molar-refractivity contribution in [3.8, 4) is 0 Å². The van der Waals surface area contributed by atoms with Gasteiger partial charge in [-0.3, -0.25) is 0 Å². The molecule has 200 valence electrons. The zero-order valence-corrected chi connectivity index (χ0v) is 22.2. The second-order valence-electron chi connectivity index (χ2n) is 10.7. The molecular weight excluding hydrogens is 450 g/mol. The summed E-state index contributed by atoms with van der Waals surface area (Å²) < 4.78 is 5.55. The number of aliphatic hydroxyl groups excluding tert-OH is 1. The zero-order chi connectivity index (χ0) is 25.7. The van der Waals surface area contributed by atoms with Gasteiger partial charge in [-0.1, -0.05) is 125 Å². The Bertz CT molecular complexity index is 805. The number of aliphatic hydroxyl groups is 2. The molecule has 0 unspecified atom stereocenters. The Morgan fingerprint density at radius 2 is 1.33 bits per heavy atom. The average Bonchev–Trinajstić information content (AvgIpc) is 3.41. The van der Waals surface area contributed by atoms with Crippen LogP contribution in [0.15, 0.2) is 60.7 Å². The number of rotatable bonds is 17. The fourth-order valence-corrected chi connectivity index (χ4v) is 5.70. The van der Waals surface area contributed by atoms with Gasteiger partial charge in [-0.25, -0.2) is 0 Å². The van der Waals surface area contributed by atoms with Crippen LogP contribution < -0.4 is 0 Å². The van der Waals surface area contributed by atoms with Crippen LogP contribution in [-0.4, -0.2) is 45.8 Å². The Balaban J connectivity index is 1.66. The first-order valence-corrected chi connectivity index (χ1v) is 14.1. The molecule has 0 aliphatic carbocycles. The van der Waals surface area contributed by atoms with Gasteiger partial charge in [0.1, 0.15) is 30.8 Å². The lowest BCUT2D eigenvalue weighted by Gasteiger charge is -2.51. The maximum atomic E-state index is 14.6. The molecule has 0 radical (unpaired) electrons. The molecule has 36 heavy (non-hydrogen) atoms. The highest BCUT2D eigenvalue weighted by Gasteiger charge is 2.51. The molecule has 3 atom stereocenters. The topological polar surface area (TPSA) is 72.8 Å². The first kappa shape index (κ1) is 28.8. The largest absolute Gasteiger partial charge is 0.632 e. The molecule has 1 aliphatic heterocycles. The van der Waals surface area contributed by atoms with E-state index in [2.05, 4.69) is 6.92 Å². The van der Waals surface area contributed by atoms with Crippen LogP contribution in [0.1, 0.15) is 88.7 Å². The van der Waals surface area contributed by atoms with Gasteiger partial charge in [-0.05, 0) is 6.42 Å². The fourth-order valence-electron chi connectivity index (χ4n) is 5.70. The number of nitrogens with zero attached hydrogens (tertiary/aromatic N) is 1. The molecule has 0 spiro atoms. The minimum atomic E-state index is -1.40. The number of ether oxygens (including phenoxy) is 1. The highest BCUT2D eigenvalue weighted by Crippen LogP contribution is 2.37. The summed E-state index contributed by atoms with van der Waals surface area (Å²) in [6.07, 6.45) is 11.1. The number of quaternary nitrogens is 1. The van der Waals surface area contributed by atoms with E-state index in [1.807, 2.05) is 60.7 Å². The van der Waals surface area contributed by atoms with E-state index in [1.165, 1.54) is 38.5 Å². The minimum Gasteiger partial charge on any atom is -0.632 e. The summed E-state index contributed by atoms with van der Waals surface area (Å²) in [6.45, 7) is 2.89. The second-order valence-corrected chi connectivity index (χ2v) is 10.7. The molecule has 2 N–H and O–H groups in total. The van der Waals surface area contributed by atoms with Crippen LogP contribution in [0.3, 0.4) is 0 Å². The van der Waals surface area contributed by atoms with Crippen molar-refractivity contribution in [3.63, 3.8) is 0 Å². The molecule has 1 fully saturated rings. The molecule has 0 amide bonds. The molecule has 1 aliphatic rings. The molecule has 2 aromatic carbocycles. The molecule has 1 saturated heterocycles. The van der Waals surface area contributed by atoms with E-state index in [0.717, 1.165) is 30.4 Å². The van der Waals surface area contributed by atoms with Gasteiger partial charge in [0.2, 0.25) is 0 Å². The smallest absolute Gasteiger partial charge is 0.140 e. The van der Waals surface area contributed by atoms with E-state index in [9.17, 15) is 15.4 Å². The Hall–Kier alpha value is -1.76. The lowest BCUT2D eigenvalue weighted by molar-refractivity contribution is -0.933. The summed E-state index contributed by atoms with van der Waals surface area (Å²) in [5.74, 6) is 0. The third-order valence-electron chi connectivity index (χ3n) is 7.77. The third kappa shape index (κ3) is 8.39. The van der Waals surface area contributed by atoms with E-state index in [0.29, 0.717) is 32.5 Å². The maximum absolute atomic E-state index is 14.6. The summed E-state index contributed by atoms with van der Waals surface area (Å²) in [6, 6.07) is 19.2. The number of hydrogen-bond acceptors (Lipinski definition) is 4. The van der Waals surface area contributed by atoms with E-state index in [4.69, 9.17) is 4.74 Å². The SMILES string of the molecule is CCCCCCCCCCC[C@](O)(CO)[C@@H]1OCC[C@H]1[N+]([O-])(Cc1ccccc1)Cc1ccccc1. The van der Waals surface area contributed by atoms with Gasteiger partial charge in [0.15, 0.2) is 0 Å². The van der Waals surface area contributed by atoms with Gasteiger partial charge in [0, 0.05) is 17.5 Å². The van der Waals surface area contributed by atoms with Crippen LogP contribution in [0.5, 0.6) is 0 Å². The summed E-state index contributed by atoms with van der Waals surface area (Å²) in [7, 11) is 0. The average molecular weight is 498 g/mol. The monoisotopic (exact) mass is 497 g/mol. The first-order chi connectivity index (χ1) is 17.5. The van der Waals surface area contributed by atoms with E-state index in [-0.39, 0.29) is 6.61 Å². The van der Waals surface area contributed by atoms with E-state index in [1.54, 1.807) is 0 Å². The molecule has 0 saturated carbocycles. The number of unbranched alkanes of at least 4 members (excludes halogenated alkanes) is 8. The second kappa shape index (κ2) is 14.8. The van der Waals surface area contributed by atoms with E-state index >= 15 is 0 Å². The molecular formula is C31H47NO4. The first-order valence-electron chi connectivity index (χ1n) is 14.1. The molecule has 5 nitrogen and oxygen atoms in total. The normalized spacial score (nSPS) is 19.9. The standard InChI is InChI=1S/C31H47NO4/c1-2-3-4-5-6-7-8-9-16-22-31(34,26-33)30-29(21-23-36-30)32(35,24-27-17-12-10-13-18-27)25-28-19-14-11-15-20-28/h10-15,17-20,29-30,33-34H,2-9,16,21-26H2,1H3/t29-,30-,31+/m1/s1. The van der Waals surface area contributed by atoms with Crippen molar-refractivity contribution in [1.29, 1.82) is 0 Å². The van der Waals surface area contributed by atoms with Crippen molar-refractivity contribution in [2.75, 3.05) is 13.2 Å². The summed E-state index contributed by atoms with van der Waals surface area (Å²) in [5.41, 5.74) is 0.546. The highest BCUT2D eigenvalue weighted by atomic mass is 16.6. The van der Waals surface area contributed by atoms with Crippen molar-refractivity contribution in [1.82, 2.24) is 0 Å². The third-order valence-corrected chi connectivity index (χ3v) is 7.77. The Morgan fingerprint density at radius 1 is 0.833 bits per heavy atom. The van der Waals surface area contributed by atoms with Crippen molar-refractivity contribution in [2.45, 2.75) is 108 Å². The molecule has 2 aromatic rings. The van der Waals surface area contributed by atoms with Crippen molar-refractivity contribution >= 4 is 0 Å². The highest BCUT2D eigenvalue weighted by molar-refractivity contribution is 5.16. The van der Waals surface area contributed by atoms with Crippen molar-refractivity contribution < 1.29 is 19.6 Å². The quantitative estimate of drug-likeness (QED) is 0.149. The van der Waals surface area contributed by atoms with Crippen LogP contribution in [0, 0.1) is 5.21 Å². The van der Waals surface area contributed by atoms with Crippen LogP contribution in [-0.2, 0) is 17.8 Å². The number of hydrogen-bond donors (Lipinski definition) is 2. The lowest BCUT2D eigenvalue weighted by atomic mass is 9.85. The van der Waals surface area contributed by atoms with Gasteiger partial charge in [-0.2, -0.15) is 0 Å². The fraction of sp³-hybridized carbons (Fsp3) is 0.613. The summed E-state index contributed by atoms with van der Waals surface area (Å²) in [4.78, 5) is 0. The molecule has 3 rings (SSSR count). The van der Waals surface area contributed by atoms with Crippen LogP contribution in [0.4, 0.5) is 0 Å². The summed E-state index contributed by atoms with van der Waals surface area (Å²) in [5, 5.41) is 36.5. The van der Waals surface area contributed by atoms with Crippen LogP contribution >= 0.6 is 0 Å². The van der Waals surface area contributed by atoms with Gasteiger partial charge < -0.3 is 24.8 Å². The molecule has 5 heteroatoms. The summed E-state index contributed by atoms with van der Waals surface area (Å²) >= 11 is 0. The molecule has 0 aromatic heterocycles. The molecule has 1 heterocycles. The number of hydroxylamine groups is 3. The van der Waals surface area contributed by atoms with Gasteiger partial charge in [0.05, 0.1) is 13.2 Å². The van der Waals surface area contributed by atoms with Crippen LogP contribution in [0.25, 0.3) is 0 Å². The van der Waals surface area contributed by atoms with Gasteiger partial charge in [0.25, 0.3) is 0 Å². The van der Waals surface area contributed by atoms with Crippen LogP contribution in [0.2, 0.25) is 0 Å². The van der Waals surface area contributed by atoms with Crippen molar-refractivity contribution in [3.05, 3.63) is 77.0 Å². The minimum absolute atomic E-state index is 0.305. The predicted molar refractivity (Wildman–Crippen MR) is 146 cm³/mol. The Morgan fingerprint density at radius 3 is 1.83 bits per heavy atom. The lowest BCUT2D eigenvalue weighted by Crippen LogP contribution is -2.60. The predicted octanol–water partition coefficient (Wildman–Crippen LogP) is 6.50. The van der Waals surface area contributed by atoms with E-state index < -0.39 is 22.4 Å². The van der Waals surface area contributed by atoms with Gasteiger partial charge in [-0.15, -0.1) is 0 Å². The van der Waals surface area contributed by atoms with Crippen molar-refractivity contribution in [2.24, 2.45) is 0 Å². The Kier molecular flexibility index (Phi) is 11.9. The Labute approximate surface area is 218 Å².